The second-order valence-electron chi connectivity index (χ2n) is 5.55. The van der Waals surface area contributed by atoms with Gasteiger partial charge >= 0.3 is 0 Å². The first-order valence-corrected chi connectivity index (χ1v) is 9.80. The Balaban J connectivity index is 1.70. The highest BCUT2D eigenvalue weighted by molar-refractivity contribution is 7.90. The second-order valence-corrected chi connectivity index (χ2v) is 8.32. The van der Waals surface area contributed by atoms with Crippen molar-refractivity contribution in [3.05, 3.63) is 34.3 Å². The number of rotatable bonds is 4. The smallest absolute Gasteiger partial charge is 0.227 e. The quantitative estimate of drug-likeness (QED) is 0.913. The van der Waals surface area contributed by atoms with Crippen molar-refractivity contribution in [2.45, 2.75) is 23.7 Å². The molecule has 118 valence electrons. The van der Waals surface area contributed by atoms with Gasteiger partial charge in [0.1, 0.15) is 4.90 Å². The van der Waals surface area contributed by atoms with Crippen LogP contribution in [0.1, 0.15) is 23.6 Å². The van der Waals surface area contributed by atoms with Crippen LogP contribution in [0.4, 0.5) is 0 Å². The molecular formula is C14H17N3O3S2. The van der Waals surface area contributed by atoms with E-state index >= 15 is 0 Å². The van der Waals surface area contributed by atoms with Crippen LogP contribution in [0, 0.1) is 0 Å². The zero-order valence-corrected chi connectivity index (χ0v) is 13.8. The number of nitrogens with one attached hydrogen (secondary N) is 1. The van der Waals surface area contributed by atoms with E-state index in [2.05, 4.69) is 10.2 Å². The van der Waals surface area contributed by atoms with Gasteiger partial charge in [0.05, 0.1) is 18.3 Å². The number of hydrogen-bond donors (Lipinski definition) is 1. The van der Waals surface area contributed by atoms with E-state index in [1.807, 2.05) is 16.8 Å². The molecule has 0 bridgehead atoms. The molecule has 1 aliphatic rings. The van der Waals surface area contributed by atoms with Gasteiger partial charge in [-0.2, -0.15) is 16.4 Å². The number of carbonyl (C=O) groups is 1. The number of hydrogen-bond acceptors (Lipinski definition) is 5. The minimum atomic E-state index is -3.30. The van der Waals surface area contributed by atoms with Gasteiger partial charge in [-0.1, -0.05) is 0 Å². The molecule has 0 unspecified atom stereocenters. The van der Waals surface area contributed by atoms with E-state index in [0.29, 0.717) is 25.2 Å². The van der Waals surface area contributed by atoms with Gasteiger partial charge < -0.3 is 4.90 Å². The number of aromatic amines is 1. The summed E-state index contributed by atoms with van der Waals surface area (Å²) in [6, 6.07) is 1.95. The molecule has 0 aliphatic carbocycles. The molecule has 22 heavy (non-hydrogen) atoms. The average Bonchev–Trinajstić information content (AvgIpc) is 3.18. The molecule has 2 aromatic heterocycles. The Kier molecular flexibility index (Phi) is 4.05. The molecular weight excluding hydrogens is 322 g/mol. The van der Waals surface area contributed by atoms with Crippen LogP contribution in [-0.4, -0.2) is 48.8 Å². The van der Waals surface area contributed by atoms with Gasteiger partial charge in [-0.05, 0) is 28.8 Å². The summed E-state index contributed by atoms with van der Waals surface area (Å²) in [6.45, 7) is 1.18. The van der Waals surface area contributed by atoms with Crippen LogP contribution in [0.5, 0.6) is 0 Å². The number of H-pyrrole nitrogens is 1. The molecule has 1 atom stereocenters. The van der Waals surface area contributed by atoms with Gasteiger partial charge in [0, 0.05) is 25.3 Å². The van der Waals surface area contributed by atoms with Crippen molar-refractivity contribution in [2.24, 2.45) is 0 Å². The van der Waals surface area contributed by atoms with Gasteiger partial charge in [-0.25, -0.2) is 8.42 Å². The summed E-state index contributed by atoms with van der Waals surface area (Å²) in [5.74, 6) is 0.0833. The van der Waals surface area contributed by atoms with E-state index in [1.165, 1.54) is 12.5 Å². The predicted octanol–water partition coefficient (Wildman–Crippen LogP) is 1.43. The Bertz CT molecular complexity index is 765. The van der Waals surface area contributed by atoms with Crippen molar-refractivity contribution >= 4 is 27.1 Å². The summed E-state index contributed by atoms with van der Waals surface area (Å²) in [6.07, 6.45) is 3.68. The first-order valence-electron chi connectivity index (χ1n) is 6.97. The van der Waals surface area contributed by atoms with Crippen LogP contribution in [-0.2, 0) is 21.1 Å². The predicted molar refractivity (Wildman–Crippen MR) is 83.7 cm³/mol. The fraction of sp³-hybridized carbons (Fsp3) is 0.429. The number of aromatic nitrogens is 2. The van der Waals surface area contributed by atoms with Crippen LogP contribution >= 0.6 is 11.3 Å². The largest absolute Gasteiger partial charge is 0.342 e. The number of amides is 1. The molecule has 1 saturated heterocycles. The van der Waals surface area contributed by atoms with Crippen molar-refractivity contribution in [2.75, 3.05) is 19.3 Å². The molecule has 2 aromatic rings. The van der Waals surface area contributed by atoms with Gasteiger partial charge in [0.25, 0.3) is 0 Å². The molecule has 6 nitrogen and oxygen atoms in total. The molecule has 1 fully saturated rings. The second kappa shape index (κ2) is 5.85. The van der Waals surface area contributed by atoms with Crippen LogP contribution in [0.3, 0.4) is 0 Å². The standard InChI is InChI=1S/C14H17N3O3S2/c1-22(19,20)12-7-15-16-14(12)11-2-4-17(8-11)13(18)6-10-3-5-21-9-10/h3,5,7,9,11H,2,4,6,8H2,1H3,(H,15,16)/t11-/m1/s1. The van der Waals surface area contributed by atoms with Crippen LogP contribution in [0.2, 0.25) is 0 Å². The zero-order valence-electron chi connectivity index (χ0n) is 12.2. The highest BCUT2D eigenvalue weighted by atomic mass is 32.2. The normalized spacial score (nSPS) is 18.8. The maximum Gasteiger partial charge on any atom is 0.227 e. The molecule has 0 spiro atoms. The highest BCUT2D eigenvalue weighted by Gasteiger charge is 2.31. The van der Waals surface area contributed by atoms with Crippen molar-refractivity contribution in [1.82, 2.24) is 15.1 Å². The third kappa shape index (κ3) is 3.07. The van der Waals surface area contributed by atoms with Crippen molar-refractivity contribution < 1.29 is 13.2 Å². The Morgan fingerprint density at radius 2 is 2.36 bits per heavy atom. The SMILES string of the molecule is CS(=O)(=O)c1cn[nH]c1[C@@H]1CCN(C(=O)Cc2ccsc2)C1. The summed E-state index contributed by atoms with van der Waals surface area (Å²) in [7, 11) is -3.30. The maximum atomic E-state index is 12.3. The van der Waals surface area contributed by atoms with E-state index < -0.39 is 9.84 Å². The summed E-state index contributed by atoms with van der Waals surface area (Å²) < 4.78 is 23.5. The molecule has 3 rings (SSSR count). The minimum absolute atomic E-state index is 0.00125. The van der Waals surface area contributed by atoms with Gasteiger partial charge in [-0.15, -0.1) is 0 Å². The van der Waals surface area contributed by atoms with E-state index in [0.717, 1.165) is 12.0 Å². The molecule has 0 saturated carbocycles. The third-order valence-corrected chi connectivity index (χ3v) is 5.77. The van der Waals surface area contributed by atoms with Crippen molar-refractivity contribution in [3.63, 3.8) is 0 Å². The summed E-state index contributed by atoms with van der Waals surface area (Å²) in [4.78, 5) is 14.3. The van der Waals surface area contributed by atoms with Gasteiger partial charge in [0.15, 0.2) is 9.84 Å². The zero-order chi connectivity index (χ0) is 15.7. The number of likely N-dealkylation sites (tertiary alicyclic amines) is 1. The molecule has 1 N–H and O–H groups in total. The number of carbonyl (C=O) groups excluding carboxylic acids is 1. The highest BCUT2D eigenvalue weighted by Crippen LogP contribution is 2.30. The molecule has 0 radical (unpaired) electrons. The molecule has 1 amide bonds. The number of nitrogens with zero attached hydrogens (tertiary/aromatic N) is 2. The molecule has 0 aromatic carbocycles. The Labute approximate surface area is 133 Å². The van der Waals surface area contributed by atoms with E-state index in [4.69, 9.17) is 0 Å². The van der Waals surface area contributed by atoms with Crippen molar-refractivity contribution in [3.8, 4) is 0 Å². The molecule has 8 heteroatoms. The third-order valence-electron chi connectivity index (χ3n) is 3.92. The lowest BCUT2D eigenvalue weighted by molar-refractivity contribution is -0.129. The monoisotopic (exact) mass is 339 g/mol. The Morgan fingerprint density at radius 1 is 1.55 bits per heavy atom. The topological polar surface area (TPSA) is 83.1 Å². The summed E-state index contributed by atoms with van der Waals surface area (Å²) in [5.41, 5.74) is 1.64. The lowest BCUT2D eigenvalue weighted by atomic mass is 10.1. The van der Waals surface area contributed by atoms with Crippen molar-refractivity contribution in [1.29, 1.82) is 0 Å². The van der Waals surface area contributed by atoms with Crippen LogP contribution < -0.4 is 0 Å². The number of thiophene rings is 1. The fourth-order valence-electron chi connectivity index (χ4n) is 2.78. The van der Waals surface area contributed by atoms with E-state index in [9.17, 15) is 13.2 Å². The van der Waals surface area contributed by atoms with Crippen LogP contribution in [0.15, 0.2) is 27.9 Å². The Hall–Kier alpha value is -1.67. The first-order chi connectivity index (χ1) is 10.4. The van der Waals surface area contributed by atoms with Crippen LogP contribution in [0.25, 0.3) is 0 Å². The lowest BCUT2D eigenvalue weighted by Gasteiger charge is -2.16. The fourth-order valence-corrected chi connectivity index (χ4v) is 4.30. The number of sulfone groups is 1. The van der Waals surface area contributed by atoms with Gasteiger partial charge in [-0.3, -0.25) is 9.89 Å². The Morgan fingerprint density at radius 3 is 3.05 bits per heavy atom. The average molecular weight is 339 g/mol. The maximum absolute atomic E-state index is 12.3. The first kappa shape index (κ1) is 15.2. The minimum Gasteiger partial charge on any atom is -0.342 e. The molecule has 1 aliphatic heterocycles. The van der Waals surface area contributed by atoms with E-state index in [1.54, 1.807) is 16.2 Å². The summed E-state index contributed by atoms with van der Waals surface area (Å²) in [5, 5.41) is 10.6. The summed E-state index contributed by atoms with van der Waals surface area (Å²) >= 11 is 1.58. The van der Waals surface area contributed by atoms with Gasteiger partial charge in [0.2, 0.25) is 5.91 Å². The molecule has 3 heterocycles. The van der Waals surface area contributed by atoms with E-state index in [-0.39, 0.29) is 16.7 Å². The lowest BCUT2D eigenvalue weighted by Crippen LogP contribution is -2.29.